The van der Waals surface area contributed by atoms with Crippen molar-refractivity contribution in [3.05, 3.63) is 23.8 Å². The van der Waals surface area contributed by atoms with E-state index in [0.29, 0.717) is 11.3 Å². The molecule has 0 saturated heterocycles. The lowest BCUT2D eigenvalue weighted by atomic mass is 10.1. The van der Waals surface area contributed by atoms with Crippen molar-refractivity contribution >= 4 is 17.2 Å². The molecule has 3 nitrogen and oxygen atoms in total. The summed E-state index contributed by atoms with van der Waals surface area (Å²) in [4.78, 5) is 11.2. The SMILES string of the molecule is CC(=O)c1ccc(NCCCC(C)C)cc1N. The van der Waals surface area contributed by atoms with Gasteiger partial charge in [-0.25, -0.2) is 0 Å². The molecule has 3 N–H and O–H groups in total. The molecule has 1 rings (SSSR count). The standard InChI is InChI=1S/C14H22N2O/c1-10(2)5-4-8-16-12-6-7-13(11(3)17)14(15)9-12/h6-7,9-10,16H,4-5,8,15H2,1-3H3. The number of nitrogen functional groups attached to an aromatic ring is 1. The summed E-state index contributed by atoms with van der Waals surface area (Å²) < 4.78 is 0. The average molecular weight is 234 g/mol. The summed E-state index contributed by atoms with van der Waals surface area (Å²) in [5.41, 5.74) is 7.94. The summed E-state index contributed by atoms with van der Waals surface area (Å²) >= 11 is 0. The molecule has 0 saturated carbocycles. The summed E-state index contributed by atoms with van der Waals surface area (Å²) in [6, 6.07) is 5.51. The van der Waals surface area contributed by atoms with Crippen molar-refractivity contribution in [2.45, 2.75) is 33.6 Å². The monoisotopic (exact) mass is 234 g/mol. The lowest BCUT2D eigenvalue weighted by molar-refractivity contribution is 0.101. The molecule has 0 aliphatic heterocycles. The van der Waals surface area contributed by atoms with E-state index in [2.05, 4.69) is 19.2 Å². The fraction of sp³-hybridized carbons (Fsp3) is 0.500. The Hall–Kier alpha value is -1.51. The first-order valence-electron chi connectivity index (χ1n) is 6.15. The molecule has 0 atom stereocenters. The third-order valence-electron chi connectivity index (χ3n) is 2.72. The highest BCUT2D eigenvalue weighted by Gasteiger charge is 2.04. The third kappa shape index (κ3) is 4.47. The molecule has 0 aliphatic rings. The number of carbonyl (C=O) groups excluding carboxylic acids is 1. The number of carbonyl (C=O) groups is 1. The van der Waals surface area contributed by atoms with Crippen LogP contribution >= 0.6 is 0 Å². The average Bonchev–Trinajstić information content (AvgIpc) is 2.23. The van der Waals surface area contributed by atoms with Crippen LogP contribution in [-0.2, 0) is 0 Å². The van der Waals surface area contributed by atoms with Crippen LogP contribution in [0.3, 0.4) is 0 Å². The van der Waals surface area contributed by atoms with Crippen LogP contribution in [0.5, 0.6) is 0 Å². The zero-order valence-corrected chi connectivity index (χ0v) is 10.9. The minimum absolute atomic E-state index is 0.00820. The molecule has 0 aliphatic carbocycles. The maximum atomic E-state index is 11.2. The Bertz CT molecular complexity index is 386. The largest absolute Gasteiger partial charge is 0.398 e. The van der Waals surface area contributed by atoms with Crippen LogP contribution in [0.1, 0.15) is 44.0 Å². The first-order valence-corrected chi connectivity index (χ1v) is 6.15. The summed E-state index contributed by atoms with van der Waals surface area (Å²) in [5, 5.41) is 3.32. The second-order valence-electron chi connectivity index (χ2n) is 4.82. The van der Waals surface area contributed by atoms with Gasteiger partial charge >= 0.3 is 0 Å². The second kappa shape index (κ2) is 6.28. The van der Waals surface area contributed by atoms with Crippen molar-refractivity contribution in [2.75, 3.05) is 17.6 Å². The molecule has 94 valence electrons. The zero-order chi connectivity index (χ0) is 12.8. The van der Waals surface area contributed by atoms with Crippen molar-refractivity contribution in [2.24, 2.45) is 5.92 Å². The first-order chi connectivity index (χ1) is 8.00. The van der Waals surface area contributed by atoms with Crippen molar-refractivity contribution in [1.82, 2.24) is 0 Å². The number of nitrogens with one attached hydrogen (secondary N) is 1. The van der Waals surface area contributed by atoms with Crippen molar-refractivity contribution in [3.63, 3.8) is 0 Å². The summed E-state index contributed by atoms with van der Waals surface area (Å²) in [7, 11) is 0. The van der Waals surface area contributed by atoms with Crippen LogP contribution in [0.2, 0.25) is 0 Å². The number of nitrogens with two attached hydrogens (primary N) is 1. The number of benzene rings is 1. The molecular weight excluding hydrogens is 212 g/mol. The number of rotatable bonds is 6. The van der Waals surface area contributed by atoms with Crippen LogP contribution in [0.4, 0.5) is 11.4 Å². The van der Waals surface area contributed by atoms with E-state index in [0.717, 1.165) is 24.6 Å². The topological polar surface area (TPSA) is 55.1 Å². The number of ketones is 1. The van der Waals surface area contributed by atoms with Gasteiger partial charge in [0.15, 0.2) is 5.78 Å². The molecule has 0 radical (unpaired) electrons. The number of hydrogen-bond acceptors (Lipinski definition) is 3. The molecule has 3 heteroatoms. The molecule has 0 fully saturated rings. The van der Waals surface area contributed by atoms with Gasteiger partial charge in [-0.15, -0.1) is 0 Å². The predicted molar refractivity (Wildman–Crippen MR) is 73.4 cm³/mol. The maximum Gasteiger partial charge on any atom is 0.161 e. The minimum Gasteiger partial charge on any atom is -0.398 e. The van der Waals surface area contributed by atoms with Gasteiger partial charge in [-0.2, -0.15) is 0 Å². The van der Waals surface area contributed by atoms with Crippen molar-refractivity contribution in [1.29, 1.82) is 0 Å². The Balaban J connectivity index is 2.50. The van der Waals surface area contributed by atoms with Crippen LogP contribution in [0.15, 0.2) is 18.2 Å². The molecule has 0 heterocycles. The van der Waals surface area contributed by atoms with Crippen molar-refractivity contribution in [3.8, 4) is 0 Å². The van der Waals surface area contributed by atoms with Gasteiger partial charge in [0.05, 0.1) is 0 Å². The highest BCUT2D eigenvalue weighted by molar-refractivity contribution is 5.99. The van der Waals surface area contributed by atoms with E-state index in [-0.39, 0.29) is 5.78 Å². The Morgan fingerprint density at radius 3 is 2.65 bits per heavy atom. The number of hydrogen-bond donors (Lipinski definition) is 2. The minimum atomic E-state index is 0.00820. The lowest BCUT2D eigenvalue weighted by Crippen LogP contribution is -2.05. The molecule has 0 unspecified atom stereocenters. The summed E-state index contributed by atoms with van der Waals surface area (Å²) in [6.07, 6.45) is 2.36. The Labute approximate surface area is 103 Å². The van der Waals surface area contributed by atoms with Gasteiger partial charge in [0, 0.05) is 23.5 Å². The molecule has 17 heavy (non-hydrogen) atoms. The van der Waals surface area contributed by atoms with Gasteiger partial charge in [-0.05, 0) is 43.9 Å². The molecule has 1 aromatic rings. The molecule has 0 bridgehead atoms. The zero-order valence-electron chi connectivity index (χ0n) is 10.9. The highest BCUT2D eigenvalue weighted by atomic mass is 16.1. The van der Waals surface area contributed by atoms with Crippen LogP contribution in [0, 0.1) is 5.92 Å². The van der Waals surface area contributed by atoms with E-state index in [1.165, 1.54) is 13.3 Å². The maximum absolute atomic E-state index is 11.2. The van der Waals surface area contributed by atoms with E-state index < -0.39 is 0 Å². The fourth-order valence-electron chi connectivity index (χ4n) is 1.74. The fourth-order valence-corrected chi connectivity index (χ4v) is 1.74. The smallest absolute Gasteiger partial charge is 0.161 e. The van der Waals surface area contributed by atoms with Crippen LogP contribution in [-0.4, -0.2) is 12.3 Å². The van der Waals surface area contributed by atoms with Gasteiger partial charge in [-0.3, -0.25) is 4.79 Å². The van der Waals surface area contributed by atoms with Crippen molar-refractivity contribution < 1.29 is 4.79 Å². The molecule has 1 aromatic carbocycles. The second-order valence-corrected chi connectivity index (χ2v) is 4.82. The molecule has 0 aromatic heterocycles. The van der Waals surface area contributed by atoms with Gasteiger partial charge in [0.25, 0.3) is 0 Å². The van der Waals surface area contributed by atoms with Gasteiger partial charge in [0.2, 0.25) is 0 Å². The lowest BCUT2D eigenvalue weighted by Gasteiger charge is -2.10. The first kappa shape index (κ1) is 13.6. The summed E-state index contributed by atoms with van der Waals surface area (Å²) in [6.45, 7) is 6.91. The van der Waals surface area contributed by atoms with E-state index in [1.807, 2.05) is 12.1 Å². The van der Waals surface area contributed by atoms with E-state index in [9.17, 15) is 4.79 Å². The van der Waals surface area contributed by atoms with E-state index >= 15 is 0 Å². The Morgan fingerprint density at radius 1 is 1.41 bits per heavy atom. The predicted octanol–water partition coefficient (Wildman–Crippen LogP) is 3.32. The summed E-state index contributed by atoms with van der Waals surface area (Å²) in [5.74, 6) is 0.746. The Kier molecular flexibility index (Phi) is 5.01. The van der Waals surface area contributed by atoms with Crippen LogP contribution in [0.25, 0.3) is 0 Å². The van der Waals surface area contributed by atoms with E-state index in [1.54, 1.807) is 6.07 Å². The number of Topliss-reactive ketones (excluding diaryl/α,β-unsaturated/α-hetero) is 1. The normalized spacial score (nSPS) is 10.6. The van der Waals surface area contributed by atoms with Crippen LogP contribution < -0.4 is 11.1 Å². The third-order valence-corrected chi connectivity index (χ3v) is 2.72. The molecular formula is C14H22N2O. The van der Waals surface area contributed by atoms with Gasteiger partial charge in [-0.1, -0.05) is 13.8 Å². The van der Waals surface area contributed by atoms with E-state index in [4.69, 9.17) is 5.73 Å². The Morgan fingerprint density at radius 2 is 2.12 bits per heavy atom. The quantitative estimate of drug-likeness (QED) is 0.451. The van der Waals surface area contributed by atoms with Gasteiger partial charge < -0.3 is 11.1 Å². The molecule has 0 amide bonds. The highest BCUT2D eigenvalue weighted by Crippen LogP contribution is 2.18. The molecule has 0 spiro atoms. The number of anilines is 2. The van der Waals surface area contributed by atoms with Gasteiger partial charge in [0.1, 0.15) is 0 Å².